The summed E-state index contributed by atoms with van der Waals surface area (Å²) in [6, 6.07) is 0. The summed E-state index contributed by atoms with van der Waals surface area (Å²) in [5, 5.41) is 33.7. The van der Waals surface area contributed by atoms with Gasteiger partial charge in [0.1, 0.15) is 0 Å². The van der Waals surface area contributed by atoms with E-state index in [2.05, 4.69) is 48.5 Å². The van der Waals surface area contributed by atoms with Gasteiger partial charge in [0.05, 0.1) is 18.8 Å². The Kier molecular flexibility index (Phi) is 13.9. The van der Waals surface area contributed by atoms with E-state index >= 15 is 0 Å². The van der Waals surface area contributed by atoms with Crippen LogP contribution in [0.1, 0.15) is 113 Å². The third-order valence-corrected chi connectivity index (χ3v) is 10.3. The molecule has 0 saturated heterocycles. The predicted octanol–water partition coefficient (Wildman–Crippen LogP) is 6.67. The summed E-state index contributed by atoms with van der Waals surface area (Å²) in [5.41, 5.74) is 0. The third-order valence-electron chi connectivity index (χ3n) is 10.3. The molecule has 0 bridgehead atoms. The Labute approximate surface area is 229 Å². The second-order valence-corrected chi connectivity index (χ2v) is 13.3. The number of hydrogen-bond donors (Lipinski definition) is 3. The molecule has 0 aromatic carbocycles. The van der Waals surface area contributed by atoms with Crippen LogP contribution in [0, 0.1) is 53.3 Å². The maximum absolute atomic E-state index is 11.6. The normalized spacial score (nSPS) is 35.9. The van der Waals surface area contributed by atoms with E-state index in [4.69, 9.17) is 9.47 Å². The van der Waals surface area contributed by atoms with Gasteiger partial charge in [-0.05, 0) is 86.4 Å². The third kappa shape index (κ3) is 9.17. The van der Waals surface area contributed by atoms with Gasteiger partial charge in [-0.1, -0.05) is 73.6 Å². The molecule has 37 heavy (non-hydrogen) atoms. The fraction of sp³-hybridized carbons (Fsp3) is 1.00. The van der Waals surface area contributed by atoms with Crippen LogP contribution in [0.15, 0.2) is 0 Å². The summed E-state index contributed by atoms with van der Waals surface area (Å²) >= 11 is 0. The maximum Gasteiger partial charge on any atom is 0.162 e. The number of ether oxygens (including phenoxy) is 2. The van der Waals surface area contributed by atoms with Crippen LogP contribution in [0.4, 0.5) is 0 Å². The zero-order valence-corrected chi connectivity index (χ0v) is 25.5. The lowest BCUT2D eigenvalue weighted by atomic mass is 9.60. The molecule has 2 aliphatic rings. The highest BCUT2D eigenvalue weighted by Crippen LogP contribution is 2.47. The number of rotatable bonds is 15. The van der Waals surface area contributed by atoms with Crippen molar-refractivity contribution >= 4 is 0 Å². The van der Waals surface area contributed by atoms with Crippen LogP contribution >= 0.6 is 0 Å². The highest BCUT2D eigenvalue weighted by atomic mass is 16.6. The molecule has 2 aliphatic carbocycles. The molecule has 5 heteroatoms. The maximum atomic E-state index is 11.6. The van der Waals surface area contributed by atoms with Gasteiger partial charge in [-0.2, -0.15) is 0 Å². The zero-order valence-electron chi connectivity index (χ0n) is 25.5. The van der Waals surface area contributed by atoms with Crippen molar-refractivity contribution in [2.45, 2.75) is 131 Å². The summed E-state index contributed by atoms with van der Waals surface area (Å²) in [7, 11) is 0. The fourth-order valence-electron chi connectivity index (χ4n) is 7.97. The summed E-state index contributed by atoms with van der Waals surface area (Å²) in [5.74, 6) is 2.21. The molecule has 0 aromatic rings. The Bertz CT molecular complexity index is 624. The number of aliphatic hydroxyl groups is 3. The van der Waals surface area contributed by atoms with Gasteiger partial charge in [-0.15, -0.1) is 0 Å². The van der Waals surface area contributed by atoms with E-state index < -0.39 is 18.0 Å². The number of aliphatic hydroxyl groups excluding tert-OH is 2. The lowest BCUT2D eigenvalue weighted by Crippen LogP contribution is -2.48. The van der Waals surface area contributed by atoms with E-state index in [1.807, 2.05) is 0 Å². The zero-order chi connectivity index (χ0) is 27.8. The topological polar surface area (TPSA) is 79.2 Å². The molecule has 5 nitrogen and oxygen atoms in total. The minimum absolute atomic E-state index is 0.0195. The molecule has 0 radical (unpaired) electrons. The smallest absolute Gasteiger partial charge is 0.162 e. The molecule has 0 heterocycles. The number of hydrogen-bond acceptors (Lipinski definition) is 5. The van der Waals surface area contributed by atoms with Crippen molar-refractivity contribution in [3.63, 3.8) is 0 Å². The highest BCUT2D eigenvalue weighted by molar-refractivity contribution is 4.94. The van der Waals surface area contributed by atoms with Crippen molar-refractivity contribution in [3.8, 4) is 0 Å². The molecule has 7 unspecified atom stereocenters. The first-order valence-electron chi connectivity index (χ1n) is 15.8. The van der Waals surface area contributed by atoms with Crippen LogP contribution in [-0.4, -0.2) is 53.1 Å². The minimum atomic E-state index is -1.10. The van der Waals surface area contributed by atoms with E-state index in [1.54, 1.807) is 6.92 Å². The molecular formula is C32H62O5. The lowest BCUT2D eigenvalue weighted by molar-refractivity contribution is -0.208. The van der Waals surface area contributed by atoms with E-state index in [0.717, 1.165) is 45.3 Å². The predicted molar refractivity (Wildman–Crippen MR) is 152 cm³/mol. The molecular weight excluding hydrogens is 464 g/mol. The van der Waals surface area contributed by atoms with Gasteiger partial charge in [0, 0.05) is 19.6 Å². The molecule has 220 valence electrons. The van der Waals surface area contributed by atoms with Crippen molar-refractivity contribution in [1.82, 2.24) is 0 Å². The first-order valence-corrected chi connectivity index (χ1v) is 15.8. The minimum Gasteiger partial charge on any atom is -0.390 e. The van der Waals surface area contributed by atoms with Crippen LogP contribution in [-0.2, 0) is 9.47 Å². The Hall–Kier alpha value is -0.200. The van der Waals surface area contributed by atoms with Crippen molar-refractivity contribution < 1.29 is 24.8 Å². The van der Waals surface area contributed by atoms with Crippen LogP contribution in [0.3, 0.4) is 0 Å². The molecule has 0 aliphatic heterocycles. The molecule has 12 atom stereocenters. The van der Waals surface area contributed by atoms with Crippen molar-refractivity contribution in [2.75, 3.05) is 19.8 Å². The van der Waals surface area contributed by atoms with Gasteiger partial charge in [-0.3, -0.25) is 0 Å². The summed E-state index contributed by atoms with van der Waals surface area (Å²) in [6.07, 6.45) is 7.90. The van der Waals surface area contributed by atoms with E-state index in [9.17, 15) is 15.3 Å². The Morgan fingerprint density at radius 3 is 2.05 bits per heavy atom. The van der Waals surface area contributed by atoms with Crippen molar-refractivity contribution in [1.29, 1.82) is 0 Å². The van der Waals surface area contributed by atoms with Crippen LogP contribution in [0.5, 0.6) is 0 Å². The van der Waals surface area contributed by atoms with Gasteiger partial charge in [-0.25, -0.2) is 0 Å². The molecule has 0 amide bonds. The molecule has 0 spiro atoms. The molecule has 2 saturated carbocycles. The summed E-state index contributed by atoms with van der Waals surface area (Å²) in [4.78, 5) is 0. The quantitative estimate of drug-likeness (QED) is 0.208. The molecule has 0 aromatic heterocycles. The first kappa shape index (κ1) is 33.0. The second kappa shape index (κ2) is 15.6. The van der Waals surface area contributed by atoms with E-state index in [1.165, 1.54) is 19.3 Å². The largest absolute Gasteiger partial charge is 0.390 e. The van der Waals surface area contributed by atoms with Gasteiger partial charge in [0.15, 0.2) is 5.79 Å². The van der Waals surface area contributed by atoms with Gasteiger partial charge in [0.2, 0.25) is 0 Å². The van der Waals surface area contributed by atoms with Crippen molar-refractivity contribution in [2.24, 2.45) is 53.3 Å². The standard InChI is InChI=1S/C32H62O5/c1-9-12-26-22(5)14-16-28(29(26)20-36-11-3)24(7)31(34)30(33)23(6)27-15-13-21(4)18-25(27)19-37-32(8,35)17-10-2/h21-31,33-35H,9-20H2,1-8H3/t21-,22-,23?,24?,25?,26?,27+,28+,29?,30?,31?,32+/m1/s1. The van der Waals surface area contributed by atoms with E-state index in [0.29, 0.717) is 42.6 Å². The van der Waals surface area contributed by atoms with Crippen LogP contribution in [0.2, 0.25) is 0 Å². The SMILES string of the molecule is CCCC1C(COCC)[C@H](C(C)C(O)C(O)C(C)[C@@H]2CC[C@@H](C)CC2CO[C@](C)(O)CCC)CC[C@H]1C. The second-order valence-electron chi connectivity index (χ2n) is 13.3. The molecule has 2 rings (SSSR count). The molecule has 3 N–H and O–H groups in total. The lowest BCUT2D eigenvalue weighted by Gasteiger charge is -2.47. The average molecular weight is 527 g/mol. The fourth-order valence-corrected chi connectivity index (χ4v) is 7.97. The Morgan fingerprint density at radius 2 is 1.46 bits per heavy atom. The first-order chi connectivity index (χ1) is 17.5. The molecule has 2 fully saturated rings. The van der Waals surface area contributed by atoms with Gasteiger partial charge in [0.25, 0.3) is 0 Å². The Balaban J connectivity index is 2.13. The van der Waals surface area contributed by atoms with Gasteiger partial charge >= 0.3 is 0 Å². The van der Waals surface area contributed by atoms with Crippen molar-refractivity contribution in [3.05, 3.63) is 0 Å². The van der Waals surface area contributed by atoms with Crippen LogP contribution in [0.25, 0.3) is 0 Å². The summed E-state index contributed by atoms with van der Waals surface area (Å²) in [6.45, 7) is 19.1. The van der Waals surface area contributed by atoms with Gasteiger partial charge < -0.3 is 24.8 Å². The Morgan fingerprint density at radius 1 is 0.838 bits per heavy atom. The van der Waals surface area contributed by atoms with E-state index in [-0.39, 0.29) is 23.7 Å². The summed E-state index contributed by atoms with van der Waals surface area (Å²) < 4.78 is 12.0. The average Bonchev–Trinajstić information content (AvgIpc) is 2.86. The highest BCUT2D eigenvalue weighted by Gasteiger charge is 2.45. The van der Waals surface area contributed by atoms with Crippen LogP contribution < -0.4 is 0 Å². The monoisotopic (exact) mass is 526 g/mol.